The molecule has 3 aromatic rings. The van der Waals surface area contributed by atoms with E-state index in [-0.39, 0.29) is 0 Å². The minimum absolute atomic E-state index is 0.540. The van der Waals surface area contributed by atoms with E-state index in [9.17, 15) is 0 Å². The van der Waals surface area contributed by atoms with E-state index in [4.69, 9.17) is 20.9 Å². The molecule has 0 bridgehead atoms. The highest BCUT2D eigenvalue weighted by Crippen LogP contribution is 2.15. The van der Waals surface area contributed by atoms with Gasteiger partial charge in [0.05, 0.1) is 0 Å². The van der Waals surface area contributed by atoms with Crippen molar-refractivity contribution in [3.05, 3.63) is 90.0 Å². The number of hydrogen-bond donors (Lipinski definition) is 0. The van der Waals surface area contributed by atoms with Gasteiger partial charge in [0.15, 0.2) is 0 Å². The summed E-state index contributed by atoms with van der Waals surface area (Å²) >= 11 is 5.96. The Morgan fingerprint density at radius 3 is 1.50 bits per heavy atom. The maximum Gasteiger partial charge on any atom is 0.632 e. The molecule has 2 nitrogen and oxygen atoms in total. The predicted octanol–water partition coefficient (Wildman–Crippen LogP) is 4.19. The van der Waals surface area contributed by atoms with Gasteiger partial charge in [-0.25, -0.2) is 0 Å². The molecule has 0 radical (unpaired) electrons. The summed E-state index contributed by atoms with van der Waals surface area (Å²) in [5.74, 6) is 1.50. The molecule has 3 aromatic carbocycles. The molecule has 0 aliphatic carbocycles. The van der Waals surface area contributed by atoms with Crippen LogP contribution < -0.4 is 14.8 Å². The smallest absolute Gasteiger partial charge is 0.522 e. The van der Waals surface area contributed by atoms with Gasteiger partial charge in [-0.15, -0.1) is 0 Å². The molecule has 3 rings (SSSR count). The molecule has 0 N–H and O–H groups in total. The second-order valence-electron chi connectivity index (χ2n) is 4.75. The molecule has 108 valence electrons. The van der Waals surface area contributed by atoms with Crippen LogP contribution in [0.4, 0.5) is 0 Å². The fourth-order valence-corrected chi connectivity index (χ4v) is 2.15. The predicted molar refractivity (Wildman–Crippen MR) is 91.0 cm³/mol. The summed E-state index contributed by atoms with van der Waals surface area (Å²) in [7, 11) is -0.540. The van der Waals surface area contributed by atoms with Crippen molar-refractivity contribution in [3.8, 4) is 11.5 Å². The Morgan fingerprint density at radius 2 is 1.05 bits per heavy atom. The highest BCUT2D eigenvalue weighted by Gasteiger charge is 2.26. The first-order valence-corrected chi connectivity index (χ1v) is 7.38. The standard InChI is InChI=1S/C18H14BClO2/c20-16-13-11-15(12-14-16)19(21-17-7-3-1-4-8-17)22-18-9-5-2-6-10-18/h1-14H. The summed E-state index contributed by atoms with van der Waals surface area (Å²) in [4.78, 5) is 0. The SMILES string of the molecule is Clc1ccc(B(Oc2ccccc2)Oc2ccccc2)cc1. The van der Waals surface area contributed by atoms with Crippen LogP contribution in [0.1, 0.15) is 0 Å². The van der Waals surface area contributed by atoms with Crippen LogP contribution in [0.25, 0.3) is 0 Å². The van der Waals surface area contributed by atoms with E-state index in [2.05, 4.69) is 0 Å². The summed E-state index contributed by atoms with van der Waals surface area (Å²) < 4.78 is 12.0. The molecular formula is C18H14BClO2. The van der Waals surface area contributed by atoms with E-state index in [1.54, 1.807) is 0 Å². The molecule has 22 heavy (non-hydrogen) atoms. The molecule has 0 aliphatic heterocycles. The molecule has 0 unspecified atom stereocenters. The summed E-state index contributed by atoms with van der Waals surface area (Å²) in [5.41, 5.74) is 0.900. The lowest BCUT2D eigenvalue weighted by Gasteiger charge is -2.17. The molecule has 0 spiro atoms. The quantitative estimate of drug-likeness (QED) is 0.658. The Hall–Kier alpha value is -2.39. The van der Waals surface area contributed by atoms with Gasteiger partial charge in [0.1, 0.15) is 11.5 Å². The summed E-state index contributed by atoms with van der Waals surface area (Å²) in [5, 5.41) is 0.682. The number of halogens is 1. The third kappa shape index (κ3) is 3.83. The van der Waals surface area contributed by atoms with Crippen molar-refractivity contribution < 1.29 is 9.31 Å². The Balaban J connectivity index is 1.86. The maximum atomic E-state index is 5.98. The van der Waals surface area contributed by atoms with E-state index < -0.39 is 7.12 Å². The first kappa shape index (κ1) is 14.5. The van der Waals surface area contributed by atoms with Gasteiger partial charge in [-0.05, 0) is 36.4 Å². The molecule has 0 aliphatic rings. The maximum absolute atomic E-state index is 5.98. The average Bonchev–Trinajstić information content (AvgIpc) is 2.57. The van der Waals surface area contributed by atoms with Crippen molar-refractivity contribution in [2.45, 2.75) is 0 Å². The minimum atomic E-state index is -0.540. The van der Waals surface area contributed by atoms with E-state index in [1.165, 1.54) is 0 Å². The van der Waals surface area contributed by atoms with E-state index in [0.29, 0.717) is 5.02 Å². The highest BCUT2D eigenvalue weighted by atomic mass is 35.5. The molecule has 0 saturated heterocycles. The summed E-state index contributed by atoms with van der Waals surface area (Å²) in [6, 6.07) is 26.7. The third-order valence-electron chi connectivity index (χ3n) is 3.11. The van der Waals surface area contributed by atoms with Crippen LogP contribution in [0.15, 0.2) is 84.9 Å². The van der Waals surface area contributed by atoms with Gasteiger partial charge in [0, 0.05) is 10.5 Å². The molecule has 0 fully saturated rings. The van der Waals surface area contributed by atoms with Crippen molar-refractivity contribution in [2.24, 2.45) is 0 Å². The van der Waals surface area contributed by atoms with Crippen molar-refractivity contribution >= 4 is 24.2 Å². The molecule has 0 atom stereocenters. The van der Waals surface area contributed by atoms with Gasteiger partial charge in [0.25, 0.3) is 0 Å². The molecule has 0 saturated carbocycles. The Bertz CT molecular complexity index is 661. The van der Waals surface area contributed by atoms with Crippen LogP contribution >= 0.6 is 11.6 Å². The van der Waals surface area contributed by atoms with Crippen molar-refractivity contribution in [3.63, 3.8) is 0 Å². The normalized spacial score (nSPS) is 10.0. The molecule has 0 amide bonds. The Morgan fingerprint density at radius 1 is 0.591 bits per heavy atom. The monoisotopic (exact) mass is 308 g/mol. The second-order valence-corrected chi connectivity index (χ2v) is 5.18. The zero-order valence-electron chi connectivity index (χ0n) is 11.9. The lowest BCUT2D eigenvalue weighted by atomic mass is 9.78. The van der Waals surface area contributed by atoms with Crippen LogP contribution in [0.5, 0.6) is 11.5 Å². The number of benzene rings is 3. The van der Waals surface area contributed by atoms with Crippen molar-refractivity contribution in [1.29, 1.82) is 0 Å². The lowest BCUT2D eigenvalue weighted by molar-refractivity contribution is 0.439. The highest BCUT2D eigenvalue weighted by molar-refractivity contribution is 6.62. The van der Waals surface area contributed by atoms with Crippen molar-refractivity contribution in [2.75, 3.05) is 0 Å². The number of hydrogen-bond acceptors (Lipinski definition) is 2. The molecule has 0 aromatic heterocycles. The van der Waals surface area contributed by atoms with E-state index in [1.807, 2.05) is 84.9 Å². The van der Waals surface area contributed by atoms with Crippen molar-refractivity contribution in [1.82, 2.24) is 0 Å². The number of para-hydroxylation sites is 2. The molecule has 0 heterocycles. The zero-order chi connectivity index (χ0) is 15.2. The largest absolute Gasteiger partial charge is 0.632 e. The van der Waals surface area contributed by atoms with Crippen LogP contribution in [0.2, 0.25) is 5.02 Å². The molecule has 4 heteroatoms. The fraction of sp³-hybridized carbons (Fsp3) is 0. The summed E-state index contributed by atoms with van der Waals surface area (Å²) in [6.07, 6.45) is 0. The second kappa shape index (κ2) is 7.05. The summed E-state index contributed by atoms with van der Waals surface area (Å²) in [6.45, 7) is 0. The average molecular weight is 309 g/mol. The topological polar surface area (TPSA) is 18.5 Å². The van der Waals surface area contributed by atoms with Gasteiger partial charge in [-0.1, -0.05) is 60.1 Å². The first-order chi connectivity index (χ1) is 10.8. The van der Waals surface area contributed by atoms with Crippen LogP contribution in [0, 0.1) is 0 Å². The van der Waals surface area contributed by atoms with E-state index in [0.717, 1.165) is 17.0 Å². The minimum Gasteiger partial charge on any atom is -0.522 e. The lowest BCUT2D eigenvalue weighted by Crippen LogP contribution is -2.42. The van der Waals surface area contributed by atoms with Gasteiger partial charge in [-0.2, -0.15) is 0 Å². The Labute approximate surface area is 135 Å². The fourth-order valence-electron chi connectivity index (χ4n) is 2.03. The van der Waals surface area contributed by atoms with Crippen LogP contribution in [-0.2, 0) is 0 Å². The first-order valence-electron chi connectivity index (χ1n) is 7.00. The van der Waals surface area contributed by atoms with E-state index >= 15 is 0 Å². The van der Waals surface area contributed by atoms with Gasteiger partial charge < -0.3 is 9.31 Å². The number of rotatable bonds is 5. The third-order valence-corrected chi connectivity index (χ3v) is 3.37. The Kier molecular flexibility index (Phi) is 4.66. The zero-order valence-corrected chi connectivity index (χ0v) is 12.6. The molecular weight excluding hydrogens is 294 g/mol. The van der Waals surface area contributed by atoms with Gasteiger partial charge >= 0.3 is 7.12 Å². The van der Waals surface area contributed by atoms with Crippen LogP contribution in [-0.4, -0.2) is 7.12 Å². The van der Waals surface area contributed by atoms with Gasteiger partial charge in [0.2, 0.25) is 0 Å². The van der Waals surface area contributed by atoms with Gasteiger partial charge in [-0.3, -0.25) is 0 Å². The van der Waals surface area contributed by atoms with Crippen LogP contribution in [0.3, 0.4) is 0 Å².